The van der Waals surface area contributed by atoms with Gasteiger partial charge in [-0.3, -0.25) is 14.8 Å². The van der Waals surface area contributed by atoms with Crippen molar-refractivity contribution in [1.29, 1.82) is 0 Å². The number of aromatic nitrogens is 4. The molecule has 0 radical (unpaired) electrons. The van der Waals surface area contributed by atoms with Crippen molar-refractivity contribution in [1.82, 2.24) is 25.3 Å². The Balaban J connectivity index is 1.63. The average molecular weight is 438 g/mol. The van der Waals surface area contributed by atoms with Gasteiger partial charge in [0, 0.05) is 40.0 Å². The molecular formula is C21H19N5O2S2. The average Bonchev–Trinajstić information content (AvgIpc) is 3.40. The summed E-state index contributed by atoms with van der Waals surface area (Å²) in [5, 5.41) is 6.14. The monoisotopic (exact) mass is 437 g/mol. The molecule has 0 aliphatic carbocycles. The number of aryl methyl sites for hydroxylation is 2. The minimum atomic E-state index is -0.292. The molecule has 1 unspecified atom stereocenters. The van der Waals surface area contributed by atoms with Gasteiger partial charge in [-0.2, -0.15) is 0 Å². The van der Waals surface area contributed by atoms with E-state index in [0.29, 0.717) is 22.2 Å². The zero-order valence-electron chi connectivity index (χ0n) is 16.6. The first-order chi connectivity index (χ1) is 14.5. The summed E-state index contributed by atoms with van der Waals surface area (Å²) < 4.78 is 5.86. The Bertz CT molecular complexity index is 1160. The maximum absolute atomic E-state index is 13.0. The number of benzene rings is 1. The zero-order valence-corrected chi connectivity index (χ0v) is 18.3. The van der Waals surface area contributed by atoms with Gasteiger partial charge in [0.25, 0.3) is 11.1 Å². The Kier molecular flexibility index (Phi) is 5.82. The van der Waals surface area contributed by atoms with Gasteiger partial charge in [-0.15, -0.1) is 11.3 Å². The highest BCUT2D eigenvalue weighted by molar-refractivity contribution is 7.15. The molecule has 0 saturated carbocycles. The lowest BCUT2D eigenvalue weighted by atomic mass is 10.1. The molecule has 4 aromatic rings. The third-order valence-electron chi connectivity index (χ3n) is 4.24. The SMILES string of the molecule is Cc1cnc(C(C)NC(=O)c2cc(Oc3nccs3)cc(-c3ncc(C)s3)c2)cn1. The van der Waals surface area contributed by atoms with Gasteiger partial charge in [-0.1, -0.05) is 11.3 Å². The van der Waals surface area contributed by atoms with Crippen molar-refractivity contribution >= 4 is 28.6 Å². The highest BCUT2D eigenvalue weighted by Crippen LogP contribution is 2.32. The van der Waals surface area contributed by atoms with Gasteiger partial charge in [0.1, 0.15) is 10.8 Å². The first kappa shape index (κ1) is 20.1. The van der Waals surface area contributed by atoms with Gasteiger partial charge in [-0.05, 0) is 39.0 Å². The molecule has 1 N–H and O–H groups in total. The molecule has 4 rings (SSSR count). The Morgan fingerprint density at radius 3 is 2.60 bits per heavy atom. The molecule has 9 heteroatoms. The molecule has 0 aliphatic heterocycles. The van der Waals surface area contributed by atoms with Crippen LogP contribution in [0, 0.1) is 13.8 Å². The van der Waals surface area contributed by atoms with E-state index in [1.165, 1.54) is 11.3 Å². The Morgan fingerprint density at radius 2 is 1.93 bits per heavy atom. The fraction of sp³-hybridized carbons (Fsp3) is 0.190. The quantitative estimate of drug-likeness (QED) is 0.459. The summed E-state index contributed by atoms with van der Waals surface area (Å²) in [6.07, 6.45) is 6.84. The largest absolute Gasteiger partial charge is 0.431 e. The Morgan fingerprint density at radius 1 is 1.07 bits per heavy atom. The standard InChI is InChI=1S/C21H19N5O2S2/c1-12-9-24-18(11-23-12)14(3)26-19(27)15-6-16(20-25-10-13(2)30-20)8-17(7-15)28-21-22-4-5-29-21/h4-11,14H,1-3H3,(H,26,27). The third kappa shape index (κ3) is 4.69. The first-order valence-corrected chi connectivity index (χ1v) is 10.9. The van der Waals surface area contributed by atoms with Gasteiger partial charge >= 0.3 is 0 Å². The van der Waals surface area contributed by atoms with Crippen molar-refractivity contribution in [2.75, 3.05) is 0 Å². The van der Waals surface area contributed by atoms with Gasteiger partial charge in [0.2, 0.25) is 0 Å². The second-order valence-corrected chi connectivity index (χ2v) is 8.79. The smallest absolute Gasteiger partial charge is 0.278 e. The highest BCUT2D eigenvalue weighted by Gasteiger charge is 2.17. The van der Waals surface area contributed by atoms with E-state index in [0.717, 1.165) is 21.1 Å². The van der Waals surface area contributed by atoms with Crippen LogP contribution in [0.1, 0.15) is 39.6 Å². The van der Waals surface area contributed by atoms with Crippen LogP contribution in [0.5, 0.6) is 10.9 Å². The lowest BCUT2D eigenvalue weighted by Gasteiger charge is -2.14. The van der Waals surface area contributed by atoms with Gasteiger partial charge in [0.15, 0.2) is 0 Å². The van der Waals surface area contributed by atoms with E-state index in [4.69, 9.17) is 4.74 Å². The van der Waals surface area contributed by atoms with E-state index >= 15 is 0 Å². The molecule has 0 saturated heterocycles. The molecular weight excluding hydrogens is 418 g/mol. The van der Waals surface area contributed by atoms with Crippen molar-refractivity contribution in [2.24, 2.45) is 0 Å². The molecule has 7 nitrogen and oxygen atoms in total. The van der Waals surface area contributed by atoms with Crippen LogP contribution in [0.3, 0.4) is 0 Å². The lowest BCUT2D eigenvalue weighted by molar-refractivity contribution is 0.0939. The number of rotatable bonds is 6. The van der Waals surface area contributed by atoms with Crippen LogP contribution >= 0.6 is 22.7 Å². The normalized spacial score (nSPS) is 11.8. The first-order valence-electron chi connectivity index (χ1n) is 9.22. The van der Waals surface area contributed by atoms with Gasteiger partial charge in [0.05, 0.1) is 23.6 Å². The lowest BCUT2D eigenvalue weighted by Crippen LogP contribution is -2.27. The molecule has 1 atom stereocenters. The van der Waals surface area contributed by atoms with Gasteiger partial charge in [-0.25, -0.2) is 9.97 Å². The van der Waals surface area contributed by atoms with Gasteiger partial charge < -0.3 is 10.1 Å². The van der Waals surface area contributed by atoms with Crippen molar-refractivity contribution in [3.05, 3.63) is 70.2 Å². The molecule has 3 heterocycles. The fourth-order valence-corrected chi connectivity index (χ4v) is 4.00. The third-order valence-corrected chi connectivity index (χ3v) is 5.85. The number of nitrogens with one attached hydrogen (secondary N) is 1. The Hall–Kier alpha value is -3.17. The van der Waals surface area contributed by atoms with Crippen LogP contribution in [0.25, 0.3) is 10.6 Å². The fourth-order valence-electron chi connectivity index (χ4n) is 2.74. The summed E-state index contributed by atoms with van der Waals surface area (Å²) in [4.78, 5) is 31.3. The van der Waals surface area contributed by atoms with Crippen molar-refractivity contribution in [3.8, 4) is 21.5 Å². The molecule has 0 spiro atoms. The molecule has 0 fully saturated rings. The molecule has 152 valence electrons. The summed E-state index contributed by atoms with van der Waals surface area (Å²) in [5.41, 5.74) is 2.81. The molecule has 1 aromatic carbocycles. The number of hydrogen-bond acceptors (Lipinski definition) is 8. The minimum absolute atomic E-state index is 0.232. The zero-order chi connectivity index (χ0) is 21.1. The van der Waals surface area contributed by atoms with Crippen molar-refractivity contribution < 1.29 is 9.53 Å². The van der Waals surface area contributed by atoms with Crippen LogP contribution in [0.4, 0.5) is 0 Å². The van der Waals surface area contributed by atoms with Crippen LogP contribution in [0.2, 0.25) is 0 Å². The van der Waals surface area contributed by atoms with E-state index in [2.05, 4.69) is 25.3 Å². The summed E-state index contributed by atoms with van der Waals surface area (Å²) >= 11 is 2.95. The molecule has 0 bridgehead atoms. The summed E-state index contributed by atoms with van der Waals surface area (Å²) in [5.74, 6) is 0.298. The number of hydrogen-bond donors (Lipinski definition) is 1. The second kappa shape index (κ2) is 8.68. The van der Waals surface area contributed by atoms with E-state index in [-0.39, 0.29) is 11.9 Å². The summed E-state index contributed by atoms with van der Waals surface area (Å²) in [7, 11) is 0. The number of nitrogens with zero attached hydrogens (tertiary/aromatic N) is 4. The summed E-state index contributed by atoms with van der Waals surface area (Å²) in [6.45, 7) is 5.74. The maximum atomic E-state index is 13.0. The topological polar surface area (TPSA) is 89.9 Å². The van der Waals surface area contributed by atoms with E-state index in [1.54, 1.807) is 36.0 Å². The predicted octanol–water partition coefficient (Wildman–Crippen LogP) is 4.96. The number of thiazole rings is 2. The van der Waals surface area contributed by atoms with E-state index in [1.807, 2.05) is 44.5 Å². The maximum Gasteiger partial charge on any atom is 0.278 e. The second-order valence-electron chi connectivity index (χ2n) is 6.70. The number of ether oxygens (including phenoxy) is 1. The Labute approximate surface area is 181 Å². The number of carbonyl (C=O) groups excluding carboxylic acids is 1. The van der Waals surface area contributed by atoms with Crippen LogP contribution < -0.4 is 10.1 Å². The van der Waals surface area contributed by atoms with E-state index in [9.17, 15) is 4.79 Å². The predicted molar refractivity (Wildman–Crippen MR) is 117 cm³/mol. The molecule has 3 aromatic heterocycles. The van der Waals surface area contributed by atoms with Crippen LogP contribution in [0.15, 0.2) is 48.4 Å². The molecule has 1 amide bonds. The number of amides is 1. The van der Waals surface area contributed by atoms with Crippen LogP contribution in [-0.4, -0.2) is 25.8 Å². The van der Waals surface area contributed by atoms with Crippen molar-refractivity contribution in [3.63, 3.8) is 0 Å². The minimum Gasteiger partial charge on any atom is -0.431 e. The summed E-state index contributed by atoms with van der Waals surface area (Å²) in [6, 6.07) is 5.09. The molecule has 30 heavy (non-hydrogen) atoms. The molecule has 0 aliphatic rings. The highest BCUT2D eigenvalue weighted by atomic mass is 32.1. The van der Waals surface area contributed by atoms with E-state index < -0.39 is 0 Å². The number of carbonyl (C=O) groups is 1. The van der Waals surface area contributed by atoms with Crippen molar-refractivity contribution in [2.45, 2.75) is 26.8 Å². The van der Waals surface area contributed by atoms with Crippen LogP contribution in [-0.2, 0) is 0 Å².